The monoisotopic (exact) mass is 279 g/mol. The van der Waals surface area contributed by atoms with Gasteiger partial charge in [-0.3, -0.25) is 14.4 Å². The van der Waals surface area contributed by atoms with Crippen LogP contribution in [0.2, 0.25) is 0 Å². The van der Waals surface area contributed by atoms with E-state index in [1.54, 1.807) is 0 Å². The fourth-order valence-electron chi connectivity index (χ4n) is 0.864. The summed E-state index contributed by atoms with van der Waals surface area (Å²) in [6, 6.07) is -1.80. The fraction of sp³-hybridized carbons (Fsp3) is 0.700. The van der Waals surface area contributed by atoms with Crippen molar-refractivity contribution in [2.24, 2.45) is 17.2 Å². The molecule has 1 unspecified atom stereocenters. The van der Waals surface area contributed by atoms with Crippen LogP contribution in [-0.4, -0.2) is 51.9 Å². The molecule has 0 amide bonds. The Morgan fingerprint density at radius 1 is 0.895 bits per heavy atom. The van der Waals surface area contributed by atoms with Gasteiger partial charge in [0.15, 0.2) is 0 Å². The van der Waals surface area contributed by atoms with Crippen LogP contribution in [0.1, 0.15) is 25.7 Å². The number of carbonyl (C=O) groups is 3. The van der Waals surface area contributed by atoms with E-state index in [9.17, 15) is 14.4 Å². The maximum atomic E-state index is 10.0. The normalized spacial score (nSPS) is 12.8. The summed E-state index contributed by atoms with van der Waals surface area (Å²) in [4.78, 5) is 29.9. The van der Waals surface area contributed by atoms with Gasteiger partial charge < -0.3 is 32.5 Å². The summed E-state index contributed by atoms with van der Waals surface area (Å²) in [5.74, 6) is -3.15. The largest absolute Gasteiger partial charge is 0.481 e. The molecule has 0 aromatic rings. The van der Waals surface area contributed by atoms with Gasteiger partial charge in [0.05, 0.1) is 0 Å². The Balaban J connectivity index is 0. The zero-order valence-electron chi connectivity index (χ0n) is 10.5. The fourth-order valence-corrected chi connectivity index (χ4v) is 0.864. The Bertz CT molecular complexity index is 297. The summed E-state index contributed by atoms with van der Waals surface area (Å²) in [7, 11) is 0. The van der Waals surface area contributed by atoms with Gasteiger partial charge >= 0.3 is 17.9 Å². The molecule has 9 nitrogen and oxygen atoms in total. The first-order chi connectivity index (χ1) is 8.72. The van der Waals surface area contributed by atoms with Crippen molar-refractivity contribution < 1.29 is 29.7 Å². The van der Waals surface area contributed by atoms with Gasteiger partial charge in [-0.15, -0.1) is 0 Å². The smallest absolute Gasteiger partial charge is 0.320 e. The molecule has 0 aliphatic rings. The second-order valence-corrected chi connectivity index (χ2v) is 3.75. The number of rotatable bonds is 8. The third-order valence-corrected chi connectivity index (χ3v) is 2.02. The third kappa shape index (κ3) is 14.2. The van der Waals surface area contributed by atoms with Crippen LogP contribution in [-0.2, 0) is 14.4 Å². The molecule has 0 radical (unpaired) electrons. The van der Waals surface area contributed by atoms with Gasteiger partial charge in [0.2, 0.25) is 0 Å². The Hall–Kier alpha value is -1.71. The lowest BCUT2D eigenvalue weighted by molar-refractivity contribution is -0.140. The molecule has 0 fully saturated rings. The Morgan fingerprint density at radius 3 is 1.63 bits per heavy atom. The first-order valence-electron chi connectivity index (χ1n) is 5.61. The average Bonchev–Trinajstić information content (AvgIpc) is 2.33. The summed E-state index contributed by atoms with van der Waals surface area (Å²) in [6.07, 6.45) is 0.914. The van der Waals surface area contributed by atoms with Crippen molar-refractivity contribution in [3.8, 4) is 0 Å². The van der Waals surface area contributed by atoms with E-state index in [4.69, 9.17) is 32.5 Å². The van der Waals surface area contributed by atoms with E-state index in [0.717, 1.165) is 0 Å². The highest BCUT2D eigenvalue weighted by Gasteiger charge is 2.12. The van der Waals surface area contributed by atoms with Crippen molar-refractivity contribution >= 4 is 17.9 Å². The molecule has 0 saturated heterocycles. The topological polar surface area (TPSA) is 190 Å². The number of nitrogens with two attached hydrogens (primary N) is 3. The maximum absolute atomic E-state index is 10.0. The summed E-state index contributed by atoms with van der Waals surface area (Å²) >= 11 is 0. The van der Waals surface area contributed by atoms with Gasteiger partial charge in [-0.2, -0.15) is 0 Å². The lowest BCUT2D eigenvalue weighted by Crippen LogP contribution is -2.30. The van der Waals surface area contributed by atoms with Crippen LogP contribution in [0.15, 0.2) is 0 Å². The minimum atomic E-state index is -1.17. The third-order valence-electron chi connectivity index (χ3n) is 2.02. The van der Waals surface area contributed by atoms with Crippen LogP contribution in [0.3, 0.4) is 0 Å². The van der Waals surface area contributed by atoms with Crippen LogP contribution < -0.4 is 17.2 Å². The van der Waals surface area contributed by atoms with Crippen LogP contribution in [0.5, 0.6) is 0 Å². The summed E-state index contributed by atoms with van der Waals surface area (Å²) < 4.78 is 0. The minimum Gasteiger partial charge on any atom is -0.481 e. The van der Waals surface area contributed by atoms with Crippen LogP contribution in [0.4, 0.5) is 0 Å². The minimum absolute atomic E-state index is 0.0231. The Labute approximate surface area is 110 Å². The van der Waals surface area contributed by atoms with E-state index in [-0.39, 0.29) is 12.8 Å². The van der Waals surface area contributed by atoms with Crippen molar-refractivity contribution in [1.82, 2.24) is 0 Å². The van der Waals surface area contributed by atoms with E-state index in [1.165, 1.54) is 0 Å². The molecule has 0 aliphatic carbocycles. The summed E-state index contributed by atoms with van der Waals surface area (Å²) in [5, 5.41) is 24.5. The molecule has 0 heterocycles. The lowest BCUT2D eigenvalue weighted by Gasteiger charge is -2.02. The predicted molar refractivity (Wildman–Crippen MR) is 66.4 cm³/mol. The second kappa shape index (κ2) is 11.4. The quantitative estimate of drug-likeness (QED) is 0.303. The van der Waals surface area contributed by atoms with Crippen molar-refractivity contribution in [2.75, 3.05) is 6.54 Å². The number of hydrogen-bond donors (Lipinski definition) is 6. The molecule has 0 spiro atoms. The highest BCUT2D eigenvalue weighted by Crippen LogP contribution is 1.93. The SMILES string of the molecule is NC(CCC(=O)O)C(=O)O.NCCC[C@H](N)C(=O)O. The standard InChI is InChI=1S/C5H12N2O2.C5H9NO4/c6-3-1-2-4(7)5(8)9;6-3(5(9)10)1-2-4(7)8/h4H,1-3,6-7H2,(H,8,9);3H,1-2,6H2,(H,7,8)(H,9,10)/t4-;/m0./s1. The van der Waals surface area contributed by atoms with Gasteiger partial charge in [0, 0.05) is 6.42 Å². The molecule has 2 atom stereocenters. The van der Waals surface area contributed by atoms with E-state index < -0.39 is 30.0 Å². The molecule has 112 valence electrons. The zero-order chi connectivity index (χ0) is 15.4. The number of hydrogen-bond acceptors (Lipinski definition) is 6. The lowest BCUT2D eigenvalue weighted by atomic mass is 10.2. The van der Waals surface area contributed by atoms with E-state index >= 15 is 0 Å². The van der Waals surface area contributed by atoms with E-state index in [0.29, 0.717) is 19.4 Å². The molecule has 0 bridgehead atoms. The number of carboxylic acids is 3. The number of carboxylic acid groups (broad SMARTS) is 3. The van der Waals surface area contributed by atoms with Gasteiger partial charge in [0.25, 0.3) is 0 Å². The van der Waals surface area contributed by atoms with Gasteiger partial charge in [0.1, 0.15) is 12.1 Å². The predicted octanol–water partition coefficient (Wildman–Crippen LogP) is -1.60. The molecular weight excluding hydrogens is 258 g/mol. The molecule has 9 N–H and O–H groups in total. The zero-order valence-corrected chi connectivity index (χ0v) is 10.5. The highest BCUT2D eigenvalue weighted by atomic mass is 16.4. The molecule has 0 saturated carbocycles. The molecule has 19 heavy (non-hydrogen) atoms. The van der Waals surface area contributed by atoms with Crippen molar-refractivity contribution in [2.45, 2.75) is 37.8 Å². The average molecular weight is 279 g/mol. The van der Waals surface area contributed by atoms with Crippen LogP contribution in [0.25, 0.3) is 0 Å². The molecule has 9 heteroatoms. The van der Waals surface area contributed by atoms with Crippen LogP contribution in [0, 0.1) is 0 Å². The molecule has 0 aromatic carbocycles. The van der Waals surface area contributed by atoms with Crippen molar-refractivity contribution in [3.05, 3.63) is 0 Å². The Kier molecular flexibility index (Phi) is 11.8. The highest BCUT2D eigenvalue weighted by molar-refractivity contribution is 5.74. The second-order valence-electron chi connectivity index (χ2n) is 3.75. The van der Waals surface area contributed by atoms with Crippen molar-refractivity contribution in [3.63, 3.8) is 0 Å². The summed E-state index contributed by atoms with van der Waals surface area (Å²) in [6.45, 7) is 0.501. The molecular formula is C10H21N3O6. The van der Waals surface area contributed by atoms with Gasteiger partial charge in [-0.05, 0) is 25.8 Å². The van der Waals surface area contributed by atoms with Crippen molar-refractivity contribution in [1.29, 1.82) is 0 Å². The first-order valence-corrected chi connectivity index (χ1v) is 5.61. The first kappa shape index (κ1) is 19.6. The molecule has 0 rings (SSSR count). The summed E-state index contributed by atoms with van der Waals surface area (Å²) in [5.41, 5.74) is 15.3. The van der Waals surface area contributed by atoms with Crippen LogP contribution >= 0.6 is 0 Å². The maximum Gasteiger partial charge on any atom is 0.320 e. The Morgan fingerprint density at radius 2 is 1.32 bits per heavy atom. The van der Waals surface area contributed by atoms with Gasteiger partial charge in [-0.25, -0.2) is 0 Å². The van der Waals surface area contributed by atoms with Gasteiger partial charge in [-0.1, -0.05) is 0 Å². The van der Waals surface area contributed by atoms with E-state index in [2.05, 4.69) is 0 Å². The number of aliphatic carboxylic acids is 3. The molecule has 0 aromatic heterocycles. The molecule has 0 aliphatic heterocycles. The van der Waals surface area contributed by atoms with E-state index in [1.807, 2.05) is 0 Å².